The van der Waals surface area contributed by atoms with Crippen molar-refractivity contribution in [3.63, 3.8) is 0 Å². The molecule has 1 aliphatic heterocycles. The minimum Gasteiger partial charge on any atom is -0.368 e. The van der Waals surface area contributed by atoms with Crippen molar-refractivity contribution in [1.29, 1.82) is 0 Å². The molecule has 0 aromatic carbocycles. The van der Waals surface area contributed by atoms with Crippen LogP contribution in [0.15, 0.2) is 12.1 Å². The summed E-state index contributed by atoms with van der Waals surface area (Å²) in [7, 11) is 0. The second-order valence-electron chi connectivity index (χ2n) is 4.38. The van der Waals surface area contributed by atoms with Gasteiger partial charge in [0, 0.05) is 17.8 Å². The summed E-state index contributed by atoms with van der Waals surface area (Å²) < 4.78 is 0. The third kappa shape index (κ3) is 2.46. The molecule has 6 heteroatoms. The summed E-state index contributed by atoms with van der Waals surface area (Å²) in [5.74, 6) is -0.679. The lowest BCUT2D eigenvalue weighted by Gasteiger charge is -2.22. The van der Waals surface area contributed by atoms with Gasteiger partial charge in [-0.3, -0.25) is 9.59 Å². The number of hydrogen-bond donors (Lipinski definition) is 1. The molecule has 96 valence electrons. The summed E-state index contributed by atoms with van der Waals surface area (Å²) in [6.07, 6.45) is 1.41. The van der Waals surface area contributed by atoms with E-state index in [2.05, 4.69) is 4.98 Å². The Balaban J connectivity index is 2.28. The van der Waals surface area contributed by atoms with Gasteiger partial charge in [-0.25, -0.2) is 4.98 Å². The van der Waals surface area contributed by atoms with E-state index in [-0.39, 0.29) is 11.1 Å². The fraction of sp³-hybridized carbons (Fsp3) is 0.417. The first kappa shape index (κ1) is 12.8. The van der Waals surface area contributed by atoms with Crippen LogP contribution < -0.4 is 5.73 Å². The number of nitrogens with two attached hydrogens (primary N) is 1. The van der Waals surface area contributed by atoms with Crippen LogP contribution in [0, 0.1) is 6.92 Å². The van der Waals surface area contributed by atoms with Gasteiger partial charge in [0.2, 0.25) is 5.91 Å². The lowest BCUT2D eigenvalue weighted by Crippen LogP contribution is -2.43. The molecule has 1 atom stereocenters. The average molecular weight is 268 g/mol. The number of halogens is 1. The minimum absolute atomic E-state index is 0.219. The molecule has 1 saturated heterocycles. The molecule has 5 nitrogen and oxygen atoms in total. The summed E-state index contributed by atoms with van der Waals surface area (Å²) in [5.41, 5.74) is 6.40. The normalized spacial score (nSPS) is 19.0. The van der Waals surface area contributed by atoms with E-state index in [4.69, 9.17) is 17.3 Å². The number of hydrogen-bond acceptors (Lipinski definition) is 3. The molecule has 0 aliphatic carbocycles. The maximum absolute atomic E-state index is 12.3. The van der Waals surface area contributed by atoms with Crippen LogP contribution in [0.4, 0.5) is 0 Å². The van der Waals surface area contributed by atoms with Crippen molar-refractivity contribution in [2.75, 3.05) is 6.54 Å². The number of carbonyl (C=O) groups excluding carboxylic acids is 2. The van der Waals surface area contributed by atoms with E-state index >= 15 is 0 Å². The van der Waals surface area contributed by atoms with Crippen LogP contribution in [-0.4, -0.2) is 34.3 Å². The van der Waals surface area contributed by atoms with Gasteiger partial charge in [-0.05, 0) is 31.9 Å². The Kier molecular flexibility index (Phi) is 3.52. The smallest absolute Gasteiger partial charge is 0.254 e. The van der Waals surface area contributed by atoms with Gasteiger partial charge in [-0.15, -0.1) is 0 Å². The van der Waals surface area contributed by atoms with Gasteiger partial charge in [0.05, 0.1) is 0 Å². The van der Waals surface area contributed by atoms with E-state index in [0.29, 0.717) is 24.2 Å². The predicted octanol–water partition coefficient (Wildman–Crippen LogP) is 1.13. The second kappa shape index (κ2) is 4.94. The molecular weight excluding hydrogens is 254 g/mol. The number of primary amides is 1. The Hall–Kier alpha value is -1.62. The van der Waals surface area contributed by atoms with Gasteiger partial charge < -0.3 is 10.6 Å². The quantitative estimate of drug-likeness (QED) is 0.816. The molecule has 1 aliphatic rings. The van der Waals surface area contributed by atoms with E-state index in [0.717, 1.165) is 6.42 Å². The molecular formula is C12H14ClN3O2. The van der Waals surface area contributed by atoms with Gasteiger partial charge in [0.15, 0.2) is 0 Å². The maximum Gasteiger partial charge on any atom is 0.254 e. The van der Waals surface area contributed by atoms with Gasteiger partial charge in [-0.1, -0.05) is 11.6 Å². The van der Waals surface area contributed by atoms with E-state index in [1.165, 1.54) is 11.0 Å². The molecule has 2 N–H and O–H groups in total. The highest BCUT2D eigenvalue weighted by Crippen LogP contribution is 2.21. The molecule has 0 saturated carbocycles. The largest absolute Gasteiger partial charge is 0.368 e. The highest BCUT2D eigenvalue weighted by molar-refractivity contribution is 6.29. The minimum atomic E-state index is -0.509. The highest BCUT2D eigenvalue weighted by Gasteiger charge is 2.33. The zero-order valence-electron chi connectivity index (χ0n) is 10.0. The first-order chi connectivity index (χ1) is 8.49. The molecule has 1 fully saturated rings. The summed E-state index contributed by atoms with van der Waals surface area (Å²) in [6, 6.07) is 2.66. The SMILES string of the molecule is Cc1cc(C(=O)N2CCCC2C(N)=O)cc(Cl)n1. The van der Waals surface area contributed by atoms with Crippen molar-refractivity contribution in [2.45, 2.75) is 25.8 Å². The van der Waals surface area contributed by atoms with Crippen LogP contribution in [0.1, 0.15) is 28.9 Å². The average Bonchev–Trinajstić information content (AvgIpc) is 2.75. The number of aromatic nitrogens is 1. The number of aryl methyl sites for hydroxylation is 1. The lowest BCUT2D eigenvalue weighted by molar-refractivity contribution is -0.121. The summed E-state index contributed by atoms with van der Waals surface area (Å²) in [5, 5.41) is 0.271. The molecule has 2 rings (SSSR count). The Morgan fingerprint density at radius 3 is 2.83 bits per heavy atom. The van der Waals surface area contributed by atoms with Gasteiger partial charge in [0.25, 0.3) is 5.91 Å². The number of pyridine rings is 1. The third-order valence-electron chi connectivity index (χ3n) is 3.01. The van der Waals surface area contributed by atoms with Crippen molar-refractivity contribution >= 4 is 23.4 Å². The number of amides is 2. The molecule has 1 unspecified atom stereocenters. The van der Waals surface area contributed by atoms with Crippen LogP contribution in [0.25, 0.3) is 0 Å². The van der Waals surface area contributed by atoms with Crippen LogP contribution in [-0.2, 0) is 4.79 Å². The molecule has 1 aromatic heterocycles. The van der Waals surface area contributed by atoms with Crippen LogP contribution in [0.3, 0.4) is 0 Å². The summed E-state index contributed by atoms with van der Waals surface area (Å²) >= 11 is 5.83. The molecule has 0 bridgehead atoms. The lowest BCUT2D eigenvalue weighted by atomic mass is 10.1. The van der Waals surface area contributed by atoms with Gasteiger partial charge in [0.1, 0.15) is 11.2 Å². The Bertz CT molecular complexity index is 484. The van der Waals surface area contributed by atoms with Crippen molar-refractivity contribution < 1.29 is 9.59 Å². The van der Waals surface area contributed by atoms with Crippen LogP contribution in [0.2, 0.25) is 5.15 Å². The first-order valence-corrected chi connectivity index (χ1v) is 6.11. The zero-order chi connectivity index (χ0) is 13.3. The van der Waals surface area contributed by atoms with Gasteiger partial charge >= 0.3 is 0 Å². The Morgan fingerprint density at radius 1 is 1.50 bits per heavy atom. The fourth-order valence-electron chi connectivity index (χ4n) is 2.22. The third-order valence-corrected chi connectivity index (χ3v) is 3.20. The molecule has 2 heterocycles. The molecule has 1 aromatic rings. The van der Waals surface area contributed by atoms with Crippen molar-refractivity contribution in [1.82, 2.24) is 9.88 Å². The Labute approximate surface area is 110 Å². The number of rotatable bonds is 2. The number of nitrogens with zero attached hydrogens (tertiary/aromatic N) is 2. The monoisotopic (exact) mass is 267 g/mol. The first-order valence-electron chi connectivity index (χ1n) is 5.73. The van der Waals surface area contributed by atoms with E-state index < -0.39 is 11.9 Å². The number of likely N-dealkylation sites (tertiary alicyclic amines) is 1. The molecule has 0 spiro atoms. The van der Waals surface area contributed by atoms with Crippen molar-refractivity contribution in [3.8, 4) is 0 Å². The molecule has 2 amide bonds. The summed E-state index contributed by atoms with van der Waals surface area (Å²) in [4.78, 5) is 29.1. The number of carbonyl (C=O) groups is 2. The molecule has 0 radical (unpaired) electrons. The van der Waals surface area contributed by atoms with E-state index in [9.17, 15) is 9.59 Å². The van der Waals surface area contributed by atoms with Crippen molar-refractivity contribution in [2.24, 2.45) is 5.73 Å². The van der Waals surface area contributed by atoms with Crippen LogP contribution >= 0.6 is 11.6 Å². The predicted molar refractivity (Wildman–Crippen MR) is 67.2 cm³/mol. The highest BCUT2D eigenvalue weighted by atomic mass is 35.5. The van der Waals surface area contributed by atoms with Gasteiger partial charge in [-0.2, -0.15) is 0 Å². The van der Waals surface area contributed by atoms with E-state index in [1.54, 1.807) is 13.0 Å². The zero-order valence-corrected chi connectivity index (χ0v) is 10.8. The second-order valence-corrected chi connectivity index (χ2v) is 4.77. The van der Waals surface area contributed by atoms with Crippen LogP contribution in [0.5, 0.6) is 0 Å². The fourth-order valence-corrected chi connectivity index (χ4v) is 2.47. The summed E-state index contributed by atoms with van der Waals surface area (Å²) in [6.45, 7) is 2.31. The Morgan fingerprint density at radius 2 is 2.22 bits per heavy atom. The van der Waals surface area contributed by atoms with Crippen molar-refractivity contribution in [3.05, 3.63) is 28.5 Å². The maximum atomic E-state index is 12.3. The van der Waals surface area contributed by atoms with E-state index in [1.807, 2.05) is 0 Å². The topological polar surface area (TPSA) is 76.3 Å². The standard InChI is InChI=1S/C12H14ClN3O2/c1-7-5-8(6-10(13)15-7)12(18)16-4-2-3-9(16)11(14)17/h5-6,9H,2-4H2,1H3,(H2,14,17). The molecule has 18 heavy (non-hydrogen) atoms.